The molecule has 4 nitrogen and oxygen atoms in total. The smallest absolute Gasteiger partial charge is 0.339 e. The minimum atomic E-state index is -0.918. The van der Waals surface area contributed by atoms with Crippen LogP contribution in [0.4, 0.5) is 5.69 Å². The van der Waals surface area contributed by atoms with Gasteiger partial charge in [-0.1, -0.05) is 6.92 Å². The fourth-order valence-corrected chi connectivity index (χ4v) is 1.94. The molecule has 0 radical (unpaired) electrons. The van der Waals surface area contributed by atoms with Gasteiger partial charge < -0.3 is 10.4 Å². The van der Waals surface area contributed by atoms with Gasteiger partial charge in [0.25, 0.3) is 0 Å². The SMILES string of the molecule is Cc1cc(NCC2(C)CC2)c(C(=O)O)c(C)n1. The highest BCUT2D eigenvalue weighted by atomic mass is 16.4. The summed E-state index contributed by atoms with van der Waals surface area (Å²) < 4.78 is 0. The number of carboxylic acid groups (broad SMARTS) is 1. The van der Waals surface area contributed by atoms with Crippen LogP contribution >= 0.6 is 0 Å². The van der Waals surface area contributed by atoms with Crippen molar-refractivity contribution >= 4 is 11.7 Å². The number of nitrogens with one attached hydrogen (secondary N) is 1. The van der Waals surface area contributed by atoms with E-state index in [0.717, 1.165) is 12.2 Å². The molecule has 1 saturated carbocycles. The van der Waals surface area contributed by atoms with Crippen molar-refractivity contribution in [2.24, 2.45) is 5.41 Å². The summed E-state index contributed by atoms with van der Waals surface area (Å²) in [4.78, 5) is 15.4. The second-order valence-corrected chi connectivity index (χ2v) is 5.24. The minimum Gasteiger partial charge on any atom is -0.478 e. The van der Waals surface area contributed by atoms with Crippen LogP contribution in [0.5, 0.6) is 0 Å². The molecule has 0 amide bonds. The highest BCUT2D eigenvalue weighted by molar-refractivity contribution is 5.95. The van der Waals surface area contributed by atoms with Crippen molar-refractivity contribution in [2.45, 2.75) is 33.6 Å². The first-order valence-electron chi connectivity index (χ1n) is 5.87. The summed E-state index contributed by atoms with van der Waals surface area (Å²) in [5, 5.41) is 12.5. The Hall–Kier alpha value is -1.58. The van der Waals surface area contributed by atoms with E-state index in [4.69, 9.17) is 0 Å². The fourth-order valence-electron chi connectivity index (χ4n) is 1.94. The van der Waals surface area contributed by atoms with Crippen LogP contribution in [0.15, 0.2) is 6.07 Å². The normalized spacial score (nSPS) is 16.6. The molecule has 0 aromatic carbocycles. The monoisotopic (exact) mass is 234 g/mol. The fraction of sp³-hybridized carbons (Fsp3) is 0.538. The summed E-state index contributed by atoms with van der Waals surface area (Å²) >= 11 is 0. The maximum absolute atomic E-state index is 11.2. The van der Waals surface area contributed by atoms with Crippen molar-refractivity contribution < 1.29 is 9.90 Å². The van der Waals surface area contributed by atoms with Gasteiger partial charge in [0, 0.05) is 12.2 Å². The number of pyridine rings is 1. The predicted octanol–water partition coefficient (Wildman–Crippen LogP) is 2.61. The molecule has 1 aliphatic carbocycles. The van der Waals surface area contributed by atoms with Crippen LogP contribution in [0.1, 0.15) is 41.5 Å². The molecule has 1 aromatic heterocycles. The van der Waals surface area contributed by atoms with Crippen LogP contribution in [0.25, 0.3) is 0 Å². The average Bonchev–Trinajstić information content (AvgIpc) is 2.92. The van der Waals surface area contributed by atoms with Crippen LogP contribution in [-0.4, -0.2) is 22.6 Å². The zero-order valence-corrected chi connectivity index (χ0v) is 10.5. The van der Waals surface area contributed by atoms with Crippen LogP contribution in [-0.2, 0) is 0 Å². The number of rotatable bonds is 4. The highest BCUT2D eigenvalue weighted by Gasteiger charge is 2.37. The van der Waals surface area contributed by atoms with Crippen molar-refractivity contribution in [3.63, 3.8) is 0 Å². The third kappa shape index (κ3) is 2.57. The van der Waals surface area contributed by atoms with Gasteiger partial charge in [-0.25, -0.2) is 4.79 Å². The summed E-state index contributed by atoms with van der Waals surface area (Å²) in [5.41, 5.74) is 2.74. The zero-order valence-electron chi connectivity index (χ0n) is 10.5. The van der Waals surface area contributed by atoms with Gasteiger partial charge in [-0.2, -0.15) is 0 Å². The van der Waals surface area contributed by atoms with Gasteiger partial charge in [0.1, 0.15) is 5.56 Å². The van der Waals surface area contributed by atoms with Gasteiger partial charge in [-0.3, -0.25) is 4.98 Å². The van der Waals surface area contributed by atoms with Crippen molar-refractivity contribution in [3.05, 3.63) is 23.0 Å². The molecule has 2 N–H and O–H groups in total. The molecule has 2 rings (SSSR count). The van der Waals surface area contributed by atoms with Crippen molar-refractivity contribution in [1.29, 1.82) is 0 Å². The molecule has 0 spiro atoms. The second kappa shape index (κ2) is 4.02. The van der Waals surface area contributed by atoms with E-state index in [1.807, 2.05) is 13.0 Å². The molecule has 1 heterocycles. The largest absolute Gasteiger partial charge is 0.478 e. The number of hydrogen-bond donors (Lipinski definition) is 2. The first kappa shape index (κ1) is 11.9. The lowest BCUT2D eigenvalue weighted by atomic mass is 10.1. The standard InChI is InChI=1S/C13H18N2O2/c1-8-6-10(14-7-13(3)4-5-13)11(12(16)17)9(2)15-8/h6H,4-5,7H2,1-3H3,(H,14,15)(H,16,17). The van der Waals surface area contributed by atoms with Crippen LogP contribution in [0, 0.1) is 19.3 Å². The van der Waals surface area contributed by atoms with Crippen molar-refractivity contribution in [2.75, 3.05) is 11.9 Å². The molecular weight excluding hydrogens is 216 g/mol. The molecule has 0 bridgehead atoms. The Morgan fingerprint density at radius 2 is 2.18 bits per heavy atom. The number of aryl methyl sites for hydroxylation is 2. The molecule has 92 valence electrons. The van der Waals surface area contributed by atoms with E-state index in [2.05, 4.69) is 17.2 Å². The van der Waals surface area contributed by atoms with Gasteiger partial charge in [-0.05, 0) is 38.2 Å². The molecule has 1 aromatic rings. The number of aromatic nitrogens is 1. The second-order valence-electron chi connectivity index (χ2n) is 5.24. The molecule has 1 aliphatic rings. The number of anilines is 1. The van der Waals surface area contributed by atoms with Gasteiger partial charge in [0.2, 0.25) is 0 Å². The Morgan fingerprint density at radius 3 is 2.71 bits per heavy atom. The van der Waals surface area contributed by atoms with Gasteiger partial charge in [-0.15, -0.1) is 0 Å². The summed E-state index contributed by atoms with van der Waals surface area (Å²) in [7, 11) is 0. The van der Waals surface area contributed by atoms with Gasteiger partial charge >= 0.3 is 5.97 Å². The predicted molar refractivity (Wildman–Crippen MR) is 66.5 cm³/mol. The molecule has 0 atom stereocenters. The number of nitrogens with zero attached hydrogens (tertiary/aromatic N) is 1. The maximum atomic E-state index is 11.2. The van der Waals surface area contributed by atoms with Gasteiger partial charge in [0.15, 0.2) is 0 Å². The van der Waals surface area contributed by atoms with E-state index >= 15 is 0 Å². The molecular formula is C13H18N2O2. The van der Waals surface area contributed by atoms with Gasteiger partial charge in [0.05, 0.1) is 11.4 Å². The zero-order chi connectivity index (χ0) is 12.6. The Labute approximate surface area is 101 Å². The quantitative estimate of drug-likeness (QED) is 0.840. The van der Waals surface area contributed by atoms with Crippen LogP contribution in [0.3, 0.4) is 0 Å². The number of hydrogen-bond acceptors (Lipinski definition) is 3. The maximum Gasteiger partial charge on any atom is 0.339 e. The van der Waals surface area contributed by atoms with Crippen LogP contribution < -0.4 is 5.32 Å². The van der Waals surface area contributed by atoms with Crippen molar-refractivity contribution in [1.82, 2.24) is 4.98 Å². The number of aromatic carboxylic acids is 1. The first-order valence-corrected chi connectivity index (χ1v) is 5.87. The molecule has 0 unspecified atom stereocenters. The highest BCUT2D eigenvalue weighted by Crippen LogP contribution is 2.44. The Morgan fingerprint density at radius 1 is 1.53 bits per heavy atom. The molecule has 1 fully saturated rings. The summed E-state index contributed by atoms with van der Waals surface area (Å²) in [6.07, 6.45) is 2.43. The third-order valence-corrected chi connectivity index (χ3v) is 3.35. The van der Waals surface area contributed by atoms with E-state index in [1.165, 1.54) is 12.8 Å². The molecule has 0 saturated heterocycles. The number of carboxylic acids is 1. The Kier molecular flexibility index (Phi) is 2.81. The Balaban J connectivity index is 2.26. The van der Waals surface area contributed by atoms with E-state index < -0.39 is 5.97 Å². The lowest BCUT2D eigenvalue weighted by molar-refractivity contribution is 0.0696. The number of carbonyl (C=O) groups is 1. The summed E-state index contributed by atoms with van der Waals surface area (Å²) in [6, 6.07) is 1.81. The third-order valence-electron chi connectivity index (χ3n) is 3.35. The average molecular weight is 234 g/mol. The first-order chi connectivity index (χ1) is 7.91. The molecule has 0 aliphatic heterocycles. The van der Waals surface area contributed by atoms with E-state index in [1.54, 1.807) is 6.92 Å². The van der Waals surface area contributed by atoms with E-state index in [-0.39, 0.29) is 0 Å². The molecule has 17 heavy (non-hydrogen) atoms. The summed E-state index contributed by atoms with van der Waals surface area (Å²) in [5.74, 6) is -0.918. The minimum absolute atomic E-state index is 0.292. The lowest BCUT2D eigenvalue weighted by Gasteiger charge is -2.15. The van der Waals surface area contributed by atoms with E-state index in [9.17, 15) is 9.90 Å². The van der Waals surface area contributed by atoms with Crippen LogP contribution in [0.2, 0.25) is 0 Å². The summed E-state index contributed by atoms with van der Waals surface area (Å²) in [6.45, 7) is 6.65. The topological polar surface area (TPSA) is 62.2 Å². The van der Waals surface area contributed by atoms with E-state index in [0.29, 0.717) is 22.4 Å². The Bertz CT molecular complexity index is 465. The molecule has 4 heteroatoms. The van der Waals surface area contributed by atoms with Crippen molar-refractivity contribution in [3.8, 4) is 0 Å². The lowest BCUT2D eigenvalue weighted by Crippen LogP contribution is -2.16.